The Morgan fingerprint density at radius 2 is 1.72 bits per heavy atom. The predicted octanol–water partition coefficient (Wildman–Crippen LogP) is 5.44. The molecule has 0 unspecified atom stereocenters. The Kier molecular flexibility index (Phi) is 5.50. The lowest BCUT2D eigenvalue weighted by Crippen LogP contribution is -2.56. The third-order valence-electron chi connectivity index (χ3n) is 8.46. The Bertz CT molecular complexity index is 1420. The van der Waals surface area contributed by atoms with E-state index in [9.17, 15) is 8.42 Å². The van der Waals surface area contributed by atoms with Gasteiger partial charge in [0.15, 0.2) is 0 Å². The van der Waals surface area contributed by atoms with Gasteiger partial charge in [0.1, 0.15) is 5.75 Å². The number of hydrogen-bond donors (Lipinski definition) is 0. The predicted molar refractivity (Wildman–Crippen MR) is 143 cm³/mol. The van der Waals surface area contributed by atoms with E-state index < -0.39 is 10.0 Å². The maximum Gasteiger partial charge on any atom is 0.243 e. The molecule has 0 N–H and O–H groups in total. The van der Waals surface area contributed by atoms with Crippen LogP contribution in [0.5, 0.6) is 5.75 Å². The summed E-state index contributed by atoms with van der Waals surface area (Å²) in [4.78, 5) is 2.85. The second-order valence-corrected chi connectivity index (χ2v) is 12.3. The smallest absolute Gasteiger partial charge is 0.243 e. The van der Waals surface area contributed by atoms with Crippen LogP contribution in [-0.2, 0) is 22.0 Å². The monoisotopic (exact) mass is 500 g/mol. The van der Waals surface area contributed by atoms with Gasteiger partial charge in [0, 0.05) is 42.3 Å². The van der Waals surface area contributed by atoms with E-state index in [1.165, 1.54) is 11.1 Å². The summed E-state index contributed by atoms with van der Waals surface area (Å²) in [6.45, 7) is 7.64. The topological polar surface area (TPSA) is 49.9 Å². The maximum absolute atomic E-state index is 13.9. The summed E-state index contributed by atoms with van der Waals surface area (Å²) in [7, 11) is -1.94. The van der Waals surface area contributed by atoms with Crippen LogP contribution in [0.3, 0.4) is 0 Å². The fourth-order valence-corrected chi connectivity index (χ4v) is 8.47. The number of rotatable bonds is 5. The van der Waals surface area contributed by atoms with Crippen molar-refractivity contribution in [2.75, 3.05) is 18.6 Å². The van der Waals surface area contributed by atoms with Gasteiger partial charge in [-0.1, -0.05) is 66.2 Å². The molecule has 2 heterocycles. The molecule has 0 aromatic heterocycles. The number of anilines is 1. The first-order chi connectivity index (χ1) is 17.3. The van der Waals surface area contributed by atoms with Crippen LogP contribution in [-0.4, -0.2) is 38.5 Å². The minimum Gasteiger partial charge on any atom is -0.497 e. The molecule has 2 aliphatic heterocycles. The van der Waals surface area contributed by atoms with Crippen molar-refractivity contribution in [3.63, 3.8) is 0 Å². The first-order valence-electron chi connectivity index (χ1n) is 12.6. The Hall–Kier alpha value is -3.09. The average Bonchev–Trinajstić information content (AvgIpc) is 3.39. The molecule has 3 aromatic carbocycles. The van der Waals surface area contributed by atoms with E-state index in [2.05, 4.69) is 47.9 Å². The van der Waals surface area contributed by atoms with Crippen LogP contribution in [0.2, 0.25) is 0 Å². The fourth-order valence-electron chi connectivity index (χ4n) is 6.79. The summed E-state index contributed by atoms with van der Waals surface area (Å²) in [5, 5.41) is 0. The van der Waals surface area contributed by atoms with Crippen LogP contribution < -0.4 is 9.64 Å². The zero-order valence-corrected chi connectivity index (χ0v) is 21.7. The molecule has 3 aliphatic rings. The Morgan fingerprint density at radius 1 is 1.00 bits per heavy atom. The van der Waals surface area contributed by atoms with Crippen molar-refractivity contribution in [3.05, 3.63) is 102 Å². The Morgan fingerprint density at radius 3 is 2.44 bits per heavy atom. The number of nitrogens with zero attached hydrogens (tertiary/aromatic N) is 2. The number of fused-ring (bicyclic) bond motifs is 1. The minimum atomic E-state index is -3.64. The lowest BCUT2D eigenvalue weighted by atomic mass is 9.64. The van der Waals surface area contributed by atoms with Crippen LogP contribution in [0.1, 0.15) is 36.0 Å². The van der Waals surface area contributed by atoms with Crippen LogP contribution in [0.4, 0.5) is 5.69 Å². The fraction of sp³-hybridized carbons (Fsp3) is 0.333. The Balaban J connectivity index is 1.48. The molecule has 1 saturated heterocycles. The molecule has 0 bridgehead atoms. The molecule has 1 saturated carbocycles. The van der Waals surface area contributed by atoms with Crippen molar-refractivity contribution in [1.82, 2.24) is 4.31 Å². The van der Waals surface area contributed by atoms with Gasteiger partial charge in [-0.25, -0.2) is 8.42 Å². The van der Waals surface area contributed by atoms with Gasteiger partial charge >= 0.3 is 0 Å². The third kappa shape index (κ3) is 3.42. The van der Waals surface area contributed by atoms with Crippen LogP contribution in [0.25, 0.3) is 0 Å². The summed E-state index contributed by atoms with van der Waals surface area (Å²) in [5.74, 6) is 0.819. The van der Waals surface area contributed by atoms with Gasteiger partial charge < -0.3 is 9.64 Å². The number of sulfonamides is 1. The summed E-state index contributed by atoms with van der Waals surface area (Å²) >= 11 is 0. The molecule has 6 heteroatoms. The molecule has 0 radical (unpaired) electrons. The van der Waals surface area contributed by atoms with Gasteiger partial charge in [0.25, 0.3) is 0 Å². The van der Waals surface area contributed by atoms with Gasteiger partial charge in [-0.15, -0.1) is 0 Å². The van der Waals surface area contributed by atoms with Crippen molar-refractivity contribution in [3.8, 4) is 5.75 Å². The molecule has 6 rings (SSSR count). The minimum absolute atomic E-state index is 0.143. The highest BCUT2D eigenvalue weighted by molar-refractivity contribution is 7.89. The number of methoxy groups -OCH3 is 1. The normalized spacial score (nSPS) is 25.4. The Labute approximate surface area is 214 Å². The highest BCUT2D eigenvalue weighted by atomic mass is 32.2. The first-order valence-corrected chi connectivity index (χ1v) is 14.0. The van der Waals surface area contributed by atoms with Crippen molar-refractivity contribution in [2.45, 2.75) is 55.1 Å². The highest BCUT2D eigenvalue weighted by Gasteiger charge is 2.63. The van der Waals surface area contributed by atoms with Crippen molar-refractivity contribution in [1.29, 1.82) is 0 Å². The van der Waals surface area contributed by atoms with E-state index in [1.807, 2.05) is 31.2 Å². The van der Waals surface area contributed by atoms with E-state index in [4.69, 9.17) is 4.74 Å². The number of ether oxygens (including phenoxy) is 1. The molecule has 1 aliphatic carbocycles. The summed E-state index contributed by atoms with van der Waals surface area (Å²) in [6, 6.07) is 24.0. The molecule has 36 heavy (non-hydrogen) atoms. The number of hydrogen-bond acceptors (Lipinski definition) is 4. The summed E-state index contributed by atoms with van der Waals surface area (Å²) in [6.07, 6.45) is 2.34. The van der Waals surface area contributed by atoms with Crippen molar-refractivity contribution < 1.29 is 13.2 Å². The standard InChI is InChI=1S/C30H32N2O3S/c1-21-9-12-25(13-10-21)36(33,34)32-16-15-30-26-14-11-24(35-3)19-27(26)31(20-23-7-5-4-6-8-23)28(30)17-22(2)18-29(30)32/h4-14,19,28-29H,2,15-18,20H2,1,3H3/t28-,29+,30-/m0/s1. The molecule has 1 spiro atoms. The third-order valence-corrected chi connectivity index (χ3v) is 10.4. The van der Waals surface area contributed by atoms with Crippen molar-refractivity contribution in [2.24, 2.45) is 0 Å². The van der Waals surface area contributed by atoms with E-state index in [-0.39, 0.29) is 17.5 Å². The molecule has 186 valence electrons. The van der Waals surface area contributed by atoms with E-state index >= 15 is 0 Å². The molecular weight excluding hydrogens is 468 g/mol. The van der Waals surface area contributed by atoms with Crippen LogP contribution >= 0.6 is 0 Å². The number of benzene rings is 3. The largest absolute Gasteiger partial charge is 0.497 e. The first kappa shape index (κ1) is 23.3. The SMILES string of the molecule is C=C1C[C@@H]2N(Cc3ccccc3)c3cc(OC)ccc3[C@@]23CCN(S(=O)(=O)c2ccc(C)cc2)[C@@H]3C1. The lowest BCUT2D eigenvalue weighted by Gasteiger charge is -2.46. The second kappa shape index (κ2) is 8.49. The summed E-state index contributed by atoms with van der Waals surface area (Å²) in [5.41, 5.74) is 5.51. The molecular formula is C30H32N2O3S. The molecule has 2 fully saturated rings. The highest BCUT2D eigenvalue weighted by Crippen LogP contribution is 2.60. The molecule has 0 amide bonds. The van der Waals surface area contributed by atoms with E-state index in [1.54, 1.807) is 23.5 Å². The quantitative estimate of drug-likeness (QED) is 0.438. The zero-order chi connectivity index (χ0) is 25.1. The molecule has 3 aromatic rings. The maximum atomic E-state index is 13.9. The van der Waals surface area contributed by atoms with Gasteiger partial charge in [-0.2, -0.15) is 4.31 Å². The molecule has 3 atom stereocenters. The molecule has 5 nitrogen and oxygen atoms in total. The van der Waals surface area contributed by atoms with Crippen LogP contribution in [0, 0.1) is 6.92 Å². The zero-order valence-electron chi connectivity index (χ0n) is 20.9. The second-order valence-electron chi connectivity index (χ2n) is 10.4. The summed E-state index contributed by atoms with van der Waals surface area (Å²) < 4.78 is 35.3. The van der Waals surface area contributed by atoms with Crippen LogP contribution in [0.15, 0.2) is 89.8 Å². The van der Waals surface area contributed by atoms with Gasteiger partial charge in [0.05, 0.1) is 12.0 Å². The number of aryl methyl sites for hydroxylation is 1. The van der Waals surface area contributed by atoms with Crippen molar-refractivity contribution >= 4 is 15.7 Å². The average molecular weight is 501 g/mol. The van der Waals surface area contributed by atoms with E-state index in [0.717, 1.165) is 42.0 Å². The van der Waals surface area contributed by atoms with Gasteiger partial charge in [-0.05, 0) is 55.5 Å². The lowest BCUT2D eigenvalue weighted by molar-refractivity contribution is 0.228. The van der Waals surface area contributed by atoms with Gasteiger partial charge in [-0.3, -0.25) is 0 Å². The van der Waals surface area contributed by atoms with E-state index in [0.29, 0.717) is 17.9 Å². The van der Waals surface area contributed by atoms with Gasteiger partial charge in [0.2, 0.25) is 10.0 Å².